The van der Waals surface area contributed by atoms with Gasteiger partial charge >= 0.3 is 0 Å². The Balaban J connectivity index is 1.73. The Hall–Kier alpha value is -1.07. The van der Waals surface area contributed by atoms with E-state index < -0.39 is 9.84 Å². The molecule has 5 heteroatoms. The second-order valence-corrected chi connectivity index (χ2v) is 8.80. The second kappa shape index (κ2) is 5.61. The lowest BCUT2D eigenvalue weighted by Crippen LogP contribution is -2.38. The molecule has 0 aliphatic carbocycles. The summed E-state index contributed by atoms with van der Waals surface area (Å²) >= 11 is 0. The molecule has 2 aliphatic rings. The predicted octanol–water partition coefficient (Wildman–Crippen LogP) is 1.93. The molecule has 3 rings (SSSR count). The largest absolute Gasteiger partial charge is 0.493 e. The third kappa shape index (κ3) is 3.40. The van der Waals surface area contributed by atoms with Crippen molar-refractivity contribution in [3.63, 3.8) is 0 Å². The van der Waals surface area contributed by atoms with E-state index >= 15 is 0 Å². The van der Waals surface area contributed by atoms with Crippen LogP contribution >= 0.6 is 0 Å². The zero-order valence-electron chi connectivity index (χ0n) is 12.5. The van der Waals surface area contributed by atoms with Gasteiger partial charge in [-0.05, 0) is 43.0 Å². The van der Waals surface area contributed by atoms with Crippen LogP contribution in [-0.2, 0) is 22.8 Å². The molecule has 1 N–H and O–H groups in total. The van der Waals surface area contributed by atoms with E-state index in [1.165, 1.54) is 11.1 Å². The van der Waals surface area contributed by atoms with Gasteiger partial charge in [-0.2, -0.15) is 0 Å². The molecule has 0 radical (unpaired) electrons. The summed E-state index contributed by atoms with van der Waals surface area (Å²) < 4.78 is 29.7. The molecule has 2 aliphatic heterocycles. The summed E-state index contributed by atoms with van der Waals surface area (Å²) in [6.07, 6.45) is 2.64. The molecule has 0 spiro atoms. The van der Waals surface area contributed by atoms with Crippen molar-refractivity contribution in [3.8, 4) is 5.75 Å². The van der Waals surface area contributed by atoms with Gasteiger partial charge in [0.25, 0.3) is 0 Å². The molecule has 2 heterocycles. The van der Waals surface area contributed by atoms with E-state index in [9.17, 15) is 8.42 Å². The smallest absolute Gasteiger partial charge is 0.150 e. The van der Waals surface area contributed by atoms with Crippen molar-refractivity contribution < 1.29 is 13.2 Å². The van der Waals surface area contributed by atoms with E-state index in [1.54, 1.807) is 0 Å². The molecule has 0 aromatic heterocycles. The topological polar surface area (TPSA) is 55.4 Å². The van der Waals surface area contributed by atoms with E-state index in [2.05, 4.69) is 11.4 Å². The molecule has 1 atom stereocenters. The molecule has 1 fully saturated rings. The fourth-order valence-electron chi connectivity index (χ4n) is 3.39. The highest BCUT2D eigenvalue weighted by Crippen LogP contribution is 2.33. The maximum absolute atomic E-state index is 11.8. The molecule has 4 nitrogen and oxygen atoms in total. The Morgan fingerprint density at radius 1 is 1.38 bits per heavy atom. The SMILES string of the molecule is CC1(COc2cccc3c2CCNC3)CCCS(=O)(=O)C1. The average Bonchev–Trinajstić information content (AvgIpc) is 2.44. The minimum Gasteiger partial charge on any atom is -0.493 e. The maximum Gasteiger partial charge on any atom is 0.150 e. The summed E-state index contributed by atoms with van der Waals surface area (Å²) in [5.41, 5.74) is 2.31. The standard InChI is InChI=1S/C16H23NO3S/c1-16(7-3-9-21(18,19)12-16)11-20-15-5-2-4-13-10-17-8-6-14(13)15/h2,4-5,17H,3,6-12H2,1H3. The summed E-state index contributed by atoms with van der Waals surface area (Å²) in [4.78, 5) is 0. The Bertz CT molecular complexity index is 626. The Morgan fingerprint density at radius 2 is 2.24 bits per heavy atom. The lowest BCUT2D eigenvalue weighted by atomic mass is 9.88. The van der Waals surface area contributed by atoms with Crippen LogP contribution in [0.1, 0.15) is 30.9 Å². The maximum atomic E-state index is 11.8. The monoisotopic (exact) mass is 309 g/mol. The van der Waals surface area contributed by atoms with E-state index in [0.29, 0.717) is 12.4 Å². The number of hydrogen-bond acceptors (Lipinski definition) is 4. The Kier molecular flexibility index (Phi) is 3.97. The second-order valence-electron chi connectivity index (χ2n) is 6.62. The zero-order chi connectivity index (χ0) is 14.9. The molecular weight excluding hydrogens is 286 g/mol. The summed E-state index contributed by atoms with van der Waals surface area (Å²) in [6, 6.07) is 6.15. The molecule has 0 amide bonds. The van der Waals surface area contributed by atoms with Crippen LogP contribution in [0.3, 0.4) is 0 Å². The Labute approximate surface area is 126 Å². The molecular formula is C16H23NO3S. The van der Waals surface area contributed by atoms with Gasteiger partial charge in [0, 0.05) is 12.0 Å². The van der Waals surface area contributed by atoms with Crippen LogP contribution in [0, 0.1) is 5.41 Å². The van der Waals surface area contributed by atoms with Crippen LogP contribution in [-0.4, -0.2) is 33.1 Å². The minimum absolute atomic E-state index is 0.247. The van der Waals surface area contributed by atoms with Crippen molar-refractivity contribution in [2.24, 2.45) is 5.41 Å². The van der Waals surface area contributed by atoms with E-state index in [0.717, 1.165) is 38.1 Å². The lowest BCUT2D eigenvalue weighted by Gasteiger charge is -2.33. The van der Waals surface area contributed by atoms with Gasteiger partial charge < -0.3 is 10.1 Å². The third-order valence-electron chi connectivity index (χ3n) is 4.48. The first-order valence-electron chi connectivity index (χ1n) is 7.62. The number of sulfone groups is 1. The molecule has 0 saturated carbocycles. The molecule has 1 unspecified atom stereocenters. The first-order chi connectivity index (χ1) is 9.98. The molecule has 116 valence electrons. The van der Waals surface area contributed by atoms with Crippen LogP contribution in [0.4, 0.5) is 0 Å². The summed E-state index contributed by atoms with van der Waals surface area (Å²) in [5.74, 6) is 1.50. The molecule has 1 aromatic carbocycles. The van der Waals surface area contributed by atoms with Gasteiger partial charge in [0.05, 0.1) is 18.1 Å². The quantitative estimate of drug-likeness (QED) is 0.927. The molecule has 21 heavy (non-hydrogen) atoms. The van der Waals surface area contributed by atoms with Gasteiger partial charge in [-0.1, -0.05) is 19.1 Å². The Morgan fingerprint density at radius 3 is 3.05 bits per heavy atom. The molecule has 1 saturated heterocycles. The van der Waals surface area contributed by atoms with E-state index in [1.807, 2.05) is 19.1 Å². The van der Waals surface area contributed by atoms with E-state index in [-0.39, 0.29) is 11.2 Å². The van der Waals surface area contributed by atoms with Gasteiger partial charge in [-0.25, -0.2) is 8.42 Å². The predicted molar refractivity (Wildman–Crippen MR) is 83.3 cm³/mol. The number of ether oxygens (including phenoxy) is 1. The normalized spacial score (nSPS) is 27.9. The third-order valence-corrected chi connectivity index (χ3v) is 6.52. The number of benzene rings is 1. The lowest BCUT2D eigenvalue weighted by molar-refractivity contribution is 0.165. The van der Waals surface area contributed by atoms with Crippen molar-refractivity contribution in [2.45, 2.75) is 32.7 Å². The van der Waals surface area contributed by atoms with Crippen LogP contribution in [0.15, 0.2) is 18.2 Å². The van der Waals surface area contributed by atoms with Crippen LogP contribution in [0.25, 0.3) is 0 Å². The van der Waals surface area contributed by atoms with E-state index in [4.69, 9.17) is 4.74 Å². The fourth-order valence-corrected chi connectivity index (χ4v) is 5.41. The zero-order valence-corrected chi connectivity index (χ0v) is 13.3. The number of fused-ring (bicyclic) bond motifs is 1. The van der Waals surface area contributed by atoms with Crippen LogP contribution in [0.2, 0.25) is 0 Å². The van der Waals surface area contributed by atoms with Crippen LogP contribution in [0.5, 0.6) is 5.75 Å². The number of rotatable bonds is 3. The first-order valence-corrected chi connectivity index (χ1v) is 9.44. The summed E-state index contributed by atoms with van der Waals surface area (Å²) in [5, 5.41) is 3.36. The van der Waals surface area contributed by atoms with Crippen molar-refractivity contribution >= 4 is 9.84 Å². The van der Waals surface area contributed by atoms with Crippen molar-refractivity contribution in [1.29, 1.82) is 0 Å². The highest BCUT2D eigenvalue weighted by Gasteiger charge is 2.35. The summed E-state index contributed by atoms with van der Waals surface area (Å²) in [7, 11) is -2.90. The van der Waals surface area contributed by atoms with Crippen LogP contribution < -0.4 is 10.1 Å². The number of hydrogen-bond donors (Lipinski definition) is 1. The first kappa shape index (κ1) is 14.9. The van der Waals surface area contributed by atoms with Gasteiger partial charge in [-0.15, -0.1) is 0 Å². The minimum atomic E-state index is -2.90. The van der Waals surface area contributed by atoms with Gasteiger partial charge in [0.1, 0.15) is 5.75 Å². The summed E-state index contributed by atoms with van der Waals surface area (Å²) in [6.45, 7) is 4.37. The molecule has 1 aromatic rings. The van der Waals surface area contributed by atoms with Gasteiger partial charge in [0.15, 0.2) is 9.84 Å². The van der Waals surface area contributed by atoms with Crippen molar-refractivity contribution in [2.75, 3.05) is 24.7 Å². The highest BCUT2D eigenvalue weighted by atomic mass is 32.2. The van der Waals surface area contributed by atoms with Crippen molar-refractivity contribution in [1.82, 2.24) is 5.32 Å². The fraction of sp³-hybridized carbons (Fsp3) is 0.625. The molecule has 0 bridgehead atoms. The van der Waals surface area contributed by atoms with Gasteiger partial charge in [0.2, 0.25) is 0 Å². The highest BCUT2D eigenvalue weighted by molar-refractivity contribution is 7.91. The number of nitrogens with one attached hydrogen (secondary N) is 1. The van der Waals surface area contributed by atoms with Crippen molar-refractivity contribution in [3.05, 3.63) is 29.3 Å². The average molecular weight is 309 g/mol. The van der Waals surface area contributed by atoms with Gasteiger partial charge in [-0.3, -0.25) is 0 Å².